The van der Waals surface area contributed by atoms with Gasteiger partial charge in [-0.1, -0.05) is 6.07 Å². The van der Waals surface area contributed by atoms with Crippen LogP contribution in [-0.4, -0.2) is 28.9 Å². The van der Waals surface area contributed by atoms with Crippen molar-refractivity contribution in [2.45, 2.75) is 31.0 Å². The Bertz CT molecular complexity index is 293. The number of hydrogen-bond donors (Lipinski definition) is 1. The standard InChI is InChI=1S/C11H15NO2/c1-14-10-7-11(13,8-10)6-9-4-2-3-5-12-9/h2-5,10,13H,6-8H2,1H3. The Balaban J connectivity index is 1.93. The Morgan fingerprint density at radius 1 is 1.57 bits per heavy atom. The van der Waals surface area contributed by atoms with E-state index < -0.39 is 5.60 Å². The lowest BCUT2D eigenvalue weighted by Crippen LogP contribution is -2.49. The van der Waals surface area contributed by atoms with Crippen molar-refractivity contribution >= 4 is 0 Å². The molecule has 14 heavy (non-hydrogen) atoms. The van der Waals surface area contributed by atoms with Gasteiger partial charge in [0.2, 0.25) is 0 Å². The first kappa shape index (κ1) is 9.62. The van der Waals surface area contributed by atoms with Crippen molar-refractivity contribution in [3.8, 4) is 0 Å². The van der Waals surface area contributed by atoms with Crippen LogP contribution >= 0.6 is 0 Å². The summed E-state index contributed by atoms with van der Waals surface area (Å²) in [6, 6.07) is 5.77. The van der Waals surface area contributed by atoms with Gasteiger partial charge in [-0.3, -0.25) is 4.98 Å². The number of nitrogens with zero attached hydrogens (tertiary/aromatic N) is 1. The van der Waals surface area contributed by atoms with E-state index in [2.05, 4.69) is 4.98 Å². The molecule has 0 amide bonds. The molecule has 0 spiro atoms. The highest BCUT2D eigenvalue weighted by Gasteiger charge is 2.42. The summed E-state index contributed by atoms with van der Waals surface area (Å²) in [5, 5.41) is 10.0. The summed E-state index contributed by atoms with van der Waals surface area (Å²) in [5.41, 5.74) is 0.360. The van der Waals surface area contributed by atoms with Crippen LogP contribution in [0.2, 0.25) is 0 Å². The molecule has 76 valence electrons. The van der Waals surface area contributed by atoms with Gasteiger partial charge in [0.15, 0.2) is 0 Å². The van der Waals surface area contributed by atoms with Gasteiger partial charge in [-0.05, 0) is 12.1 Å². The minimum Gasteiger partial charge on any atom is -0.389 e. The molecule has 3 nitrogen and oxygen atoms in total. The fraction of sp³-hybridized carbons (Fsp3) is 0.545. The smallest absolute Gasteiger partial charge is 0.0752 e. The second-order valence-corrected chi connectivity index (χ2v) is 3.99. The quantitative estimate of drug-likeness (QED) is 0.783. The Kier molecular flexibility index (Phi) is 2.52. The van der Waals surface area contributed by atoms with Crippen LogP contribution in [0.1, 0.15) is 18.5 Å². The first-order chi connectivity index (χ1) is 6.72. The van der Waals surface area contributed by atoms with Crippen molar-refractivity contribution in [1.29, 1.82) is 0 Å². The fourth-order valence-corrected chi connectivity index (χ4v) is 1.94. The maximum atomic E-state index is 10.0. The molecule has 0 unspecified atom stereocenters. The van der Waals surface area contributed by atoms with E-state index in [0.717, 1.165) is 18.5 Å². The molecule has 2 rings (SSSR count). The number of hydrogen-bond acceptors (Lipinski definition) is 3. The first-order valence-electron chi connectivity index (χ1n) is 4.87. The molecule has 0 aromatic carbocycles. The van der Waals surface area contributed by atoms with Crippen molar-refractivity contribution in [2.24, 2.45) is 0 Å². The highest BCUT2D eigenvalue weighted by atomic mass is 16.5. The van der Waals surface area contributed by atoms with Gasteiger partial charge in [0.05, 0.1) is 11.7 Å². The Hall–Kier alpha value is -0.930. The van der Waals surface area contributed by atoms with Crippen molar-refractivity contribution in [2.75, 3.05) is 7.11 Å². The predicted molar refractivity (Wildman–Crippen MR) is 52.9 cm³/mol. The number of pyridine rings is 1. The summed E-state index contributed by atoms with van der Waals surface area (Å²) in [7, 11) is 1.69. The number of aliphatic hydroxyl groups is 1. The zero-order valence-electron chi connectivity index (χ0n) is 8.31. The van der Waals surface area contributed by atoms with Gasteiger partial charge >= 0.3 is 0 Å². The van der Waals surface area contributed by atoms with Crippen LogP contribution in [0.25, 0.3) is 0 Å². The lowest BCUT2D eigenvalue weighted by molar-refractivity contribution is -0.126. The number of rotatable bonds is 3. The van der Waals surface area contributed by atoms with E-state index in [9.17, 15) is 5.11 Å². The van der Waals surface area contributed by atoms with Crippen LogP contribution in [0.5, 0.6) is 0 Å². The van der Waals surface area contributed by atoms with Crippen molar-refractivity contribution in [3.05, 3.63) is 30.1 Å². The summed E-state index contributed by atoms with van der Waals surface area (Å²) in [4.78, 5) is 4.20. The van der Waals surface area contributed by atoms with Crippen LogP contribution in [0.3, 0.4) is 0 Å². The largest absolute Gasteiger partial charge is 0.389 e. The number of methoxy groups -OCH3 is 1. The van der Waals surface area contributed by atoms with Crippen LogP contribution in [0, 0.1) is 0 Å². The maximum Gasteiger partial charge on any atom is 0.0752 e. The first-order valence-corrected chi connectivity index (χ1v) is 4.87. The second-order valence-electron chi connectivity index (χ2n) is 3.99. The molecule has 1 aromatic heterocycles. The average molecular weight is 193 g/mol. The fourth-order valence-electron chi connectivity index (χ4n) is 1.94. The second kappa shape index (κ2) is 3.67. The van der Waals surface area contributed by atoms with Crippen molar-refractivity contribution < 1.29 is 9.84 Å². The highest BCUT2D eigenvalue weighted by Crippen LogP contribution is 2.36. The number of ether oxygens (including phenoxy) is 1. The Morgan fingerprint density at radius 3 is 2.93 bits per heavy atom. The molecule has 1 aromatic rings. The van der Waals surface area contributed by atoms with Crippen molar-refractivity contribution in [3.63, 3.8) is 0 Å². The molecule has 1 fully saturated rings. The molecule has 3 heteroatoms. The summed E-state index contributed by atoms with van der Waals surface area (Å²) in [6.45, 7) is 0. The van der Waals surface area contributed by atoms with Crippen LogP contribution in [-0.2, 0) is 11.2 Å². The van der Waals surface area contributed by atoms with Gasteiger partial charge in [0.1, 0.15) is 0 Å². The van der Waals surface area contributed by atoms with Crippen LogP contribution < -0.4 is 0 Å². The van der Waals surface area contributed by atoms with Crippen LogP contribution in [0.15, 0.2) is 24.4 Å². The molecule has 1 aliphatic rings. The van der Waals surface area contributed by atoms with E-state index in [4.69, 9.17) is 4.74 Å². The zero-order chi connectivity index (χ0) is 10.0. The van der Waals surface area contributed by atoms with E-state index in [1.165, 1.54) is 0 Å². The molecule has 1 saturated carbocycles. The third kappa shape index (κ3) is 1.94. The van der Waals surface area contributed by atoms with Gasteiger partial charge in [0.25, 0.3) is 0 Å². The molecular weight excluding hydrogens is 178 g/mol. The minimum atomic E-state index is -0.588. The van der Waals surface area contributed by atoms with E-state index in [1.807, 2.05) is 18.2 Å². The average Bonchev–Trinajstić information content (AvgIpc) is 2.15. The third-order valence-electron chi connectivity index (χ3n) is 2.78. The molecule has 0 radical (unpaired) electrons. The Labute approximate surface area is 83.7 Å². The SMILES string of the molecule is COC1CC(O)(Cc2ccccn2)C1. The molecule has 1 aliphatic carbocycles. The highest BCUT2D eigenvalue weighted by molar-refractivity contribution is 5.10. The van der Waals surface area contributed by atoms with E-state index in [-0.39, 0.29) is 6.10 Å². The molecule has 1 N–H and O–H groups in total. The van der Waals surface area contributed by atoms with Gasteiger partial charge in [-0.15, -0.1) is 0 Å². The molecule has 0 aliphatic heterocycles. The van der Waals surface area contributed by atoms with Gasteiger partial charge in [-0.2, -0.15) is 0 Å². The molecule has 1 heterocycles. The molecule has 0 atom stereocenters. The van der Waals surface area contributed by atoms with Crippen LogP contribution in [0.4, 0.5) is 0 Å². The maximum absolute atomic E-state index is 10.0. The van der Waals surface area contributed by atoms with Gasteiger partial charge < -0.3 is 9.84 Å². The molecule has 0 bridgehead atoms. The minimum absolute atomic E-state index is 0.226. The monoisotopic (exact) mass is 193 g/mol. The molecule has 0 saturated heterocycles. The predicted octanol–water partition coefficient (Wildman–Crippen LogP) is 1.16. The summed E-state index contributed by atoms with van der Waals surface area (Å²) in [6.07, 6.45) is 4.06. The number of aromatic nitrogens is 1. The summed E-state index contributed by atoms with van der Waals surface area (Å²) < 4.78 is 5.14. The van der Waals surface area contributed by atoms with E-state index in [0.29, 0.717) is 6.42 Å². The normalized spacial score (nSPS) is 31.1. The zero-order valence-corrected chi connectivity index (χ0v) is 8.31. The third-order valence-corrected chi connectivity index (χ3v) is 2.78. The summed E-state index contributed by atoms with van der Waals surface area (Å²) >= 11 is 0. The van der Waals surface area contributed by atoms with E-state index in [1.54, 1.807) is 13.3 Å². The Morgan fingerprint density at radius 2 is 2.36 bits per heavy atom. The van der Waals surface area contributed by atoms with Gasteiger partial charge in [0, 0.05) is 38.3 Å². The molecular formula is C11H15NO2. The topological polar surface area (TPSA) is 42.4 Å². The van der Waals surface area contributed by atoms with Gasteiger partial charge in [-0.25, -0.2) is 0 Å². The lowest BCUT2D eigenvalue weighted by atomic mass is 9.74. The lowest BCUT2D eigenvalue weighted by Gasteiger charge is -2.42. The van der Waals surface area contributed by atoms with Crippen molar-refractivity contribution in [1.82, 2.24) is 4.98 Å². The van der Waals surface area contributed by atoms with E-state index >= 15 is 0 Å². The summed E-state index contributed by atoms with van der Waals surface area (Å²) in [5.74, 6) is 0.